The molecule has 0 fully saturated rings. The fraction of sp³-hybridized carbons (Fsp3) is 0.0741. The van der Waals surface area contributed by atoms with Gasteiger partial charge in [0.15, 0.2) is 5.60 Å². The molecule has 6 rings (SSSR count). The molecule has 33 heavy (non-hydrogen) atoms. The highest BCUT2D eigenvalue weighted by molar-refractivity contribution is 6.30. The molecule has 0 radical (unpaired) electrons. The first-order valence-corrected chi connectivity index (χ1v) is 10.9. The SMILES string of the molecule is CN(c1ccc(Cl)cc1)c1ccc2c(c1)Oc1ccc(N)cc1C21OC(=O)c2ccccc21. The lowest BCUT2D eigenvalue weighted by Crippen LogP contribution is -2.33. The van der Waals surface area contributed by atoms with Gasteiger partial charge in [-0.3, -0.25) is 0 Å². The van der Waals surface area contributed by atoms with Crippen LogP contribution in [0.25, 0.3) is 0 Å². The van der Waals surface area contributed by atoms with Crippen molar-refractivity contribution in [2.45, 2.75) is 5.60 Å². The van der Waals surface area contributed by atoms with Crippen molar-refractivity contribution in [1.82, 2.24) is 0 Å². The number of hydrogen-bond donors (Lipinski definition) is 1. The summed E-state index contributed by atoms with van der Waals surface area (Å²) >= 11 is 6.05. The van der Waals surface area contributed by atoms with Crippen LogP contribution in [0.2, 0.25) is 5.02 Å². The highest BCUT2D eigenvalue weighted by Gasteiger charge is 2.53. The van der Waals surface area contributed by atoms with E-state index in [-0.39, 0.29) is 5.97 Å². The lowest BCUT2D eigenvalue weighted by atomic mass is 9.77. The third kappa shape index (κ3) is 2.82. The van der Waals surface area contributed by atoms with Gasteiger partial charge in [0.1, 0.15) is 11.5 Å². The van der Waals surface area contributed by atoms with Crippen LogP contribution in [0.3, 0.4) is 0 Å². The maximum absolute atomic E-state index is 12.9. The minimum atomic E-state index is -1.12. The number of benzene rings is 4. The van der Waals surface area contributed by atoms with Gasteiger partial charge in [-0.2, -0.15) is 0 Å². The lowest BCUT2D eigenvalue weighted by molar-refractivity contribution is 0.0224. The van der Waals surface area contributed by atoms with Crippen molar-refractivity contribution < 1.29 is 14.3 Å². The first-order chi connectivity index (χ1) is 16.0. The molecular formula is C27H19ClN2O3. The minimum Gasteiger partial charge on any atom is -0.456 e. The normalized spacial score (nSPS) is 17.6. The van der Waals surface area contributed by atoms with Gasteiger partial charge in [0.25, 0.3) is 0 Å². The summed E-state index contributed by atoms with van der Waals surface area (Å²) in [5, 5.41) is 0.681. The molecule has 0 saturated heterocycles. The second-order valence-electron chi connectivity index (χ2n) is 8.19. The molecule has 1 unspecified atom stereocenters. The number of carbonyl (C=O) groups excluding carboxylic acids is 1. The van der Waals surface area contributed by atoms with Crippen molar-refractivity contribution in [3.8, 4) is 11.5 Å². The van der Waals surface area contributed by atoms with Crippen molar-refractivity contribution in [2.24, 2.45) is 0 Å². The number of ether oxygens (including phenoxy) is 2. The molecule has 0 aliphatic carbocycles. The van der Waals surface area contributed by atoms with Crippen LogP contribution in [-0.2, 0) is 10.3 Å². The molecule has 2 N–H and O–H groups in total. The second kappa shape index (κ2) is 7.02. The maximum Gasteiger partial charge on any atom is 0.340 e. The van der Waals surface area contributed by atoms with Gasteiger partial charge in [0, 0.05) is 51.9 Å². The van der Waals surface area contributed by atoms with Gasteiger partial charge >= 0.3 is 5.97 Å². The van der Waals surface area contributed by atoms with E-state index in [0.29, 0.717) is 33.3 Å². The summed E-state index contributed by atoms with van der Waals surface area (Å²) in [5.41, 5.74) is 10.3. The van der Waals surface area contributed by atoms with E-state index in [2.05, 4.69) is 0 Å². The van der Waals surface area contributed by atoms with Crippen LogP contribution in [0.5, 0.6) is 11.5 Å². The van der Waals surface area contributed by atoms with E-state index < -0.39 is 5.60 Å². The van der Waals surface area contributed by atoms with Crippen LogP contribution >= 0.6 is 11.6 Å². The van der Waals surface area contributed by atoms with E-state index in [4.69, 9.17) is 26.8 Å². The maximum atomic E-state index is 12.9. The molecule has 4 aromatic rings. The Labute approximate surface area is 195 Å². The molecule has 0 bridgehead atoms. The Morgan fingerprint density at radius 3 is 2.39 bits per heavy atom. The van der Waals surface area contributed by atoms with Crippen LogP contribution in [0.4, 0.5) is 17.1 Å². The number of fused-ring (bicyclic) bond motifs is 6. The second-order valence-corrected chi connectivity index (χ2v) is 8.63. The van der Waals surface area contributed by atoms with Crippen LogP contribution in [0.15, 0.2) is 84.9 Å². The number of hydrogen-bond acceptors (Lipinski definition) is 5. The Hall–Kier alpha value is -3.96. The largest absolute Gasteiger partial charge is 0.456 e. The smallest absolute Gasteiger partial charge is 0.340 e. The Morgan fingerprint density at radius 1 is 0.818 bits per heavy atom. The molecule has 2 heterocycles. The fourth-order valence-electron chi connectivity index (χ4n) is 4.70. The molecular weight excluding hydrogens is 436 g/mol. The summed E-state index contributed by atoms with van der Waals surface area (Å²) in [6.45, 7) is 0. The molecule has 0 saturated carbocycles. The zero-order chi connectivity index (χ0) is 22.7. The molecule has 4 aromatic carbocycles. The predicted octanol–water partition coefficient (Wildman–Crippen LogP) is 6.26. The quantitative estimate of drug-likeness (QED) is 0.286. The highest BCUT2D eigenvalue weighted by atomic mass is 35.5. The molecule has 6 heteroatoms. The van der Waals surface area contributed by atoms with Crippen molar-refractivity contribution in [3.63, 3.8) is 0 Å². The van der Waals surface area contributed by atoms with Gasteiger partial charge in [0.05, 0.1) is 5.56 Å². The molecule has 1 atom stereocenters. The number of nitrogens with two attached hydrogens (primary N) is 1. The third-order valence-corrected chi connectivity index (χ3v) is 6.57. The summed E-state index contributed by atoms with van der Waals surface area (Å²) in [5.74, 6) is 0.858. The van der Waals surface area contributed by atoms with Gasteiger partial charge in [-0.15, -0.1) is 0 Å². The Balaban J connectivity index is 1.56. The van der Waals surface area contributed by atoms with E-state index in [1.807, 2.05) is 84.7 Å². The Kier molecular flexibility index (Phi) is 4.19. The summed E-state index contributed by atoms with van der Waals surface area (Å²) in [6, 6.07) is 26.4. The zero-order valence-electron chi connectivity index (χ0n) is 17.7. The number of halogens is 1. The highest BCUT2D eigenvalue weighted by Crippen LogP contribution is 2.56. The lowest BCUT2D eigenvalue weighted by Gasteiger charge is -2.37. The summed E-state index contributed by atoms with van der Waals surface area (Å²) < 4.78 is 12.5. The van der Waals surface area contributed by atoms with Gasteiger partial charge in [-0.1, -0.05) is 29.8 Å². The van der Waals surface area contributed by atoms with E-state index in [1.165, 1.54) is 0 Å². The molecule has 1 spiro atoms. The number of anilines is 3. The Bertz CT molecular complexity index is 1430. The predicted molar refractivity (Wildman–Crippen MR) is 129 cm³/mol. The van der Waals surface area contributed by atoms with Crippen molar-refractivity contribution in [1.29, 1.82) is 0 Å². The van der Waals surface area contributed by atoms with E-state index in [9.17, 15) is 4.79 Å². The zero-order valence-corrected chi connectivity index (χ0v) is 18.5. The van der Waals surface area contributed by atoms with Gasteiger partial charge in [-0.05, 0) is 60.7 Å². The molecule has 0 amide bonds. The topological polar surface area (TPSA) is 64.8 Å². The first kappa shape index (κ1) is 19.7. The number of rotatable bonds is 2. The summed E-state index contributed by atoms with van der Waals surface area (Å²) in [6.07, 6.45) is 0. The number of nitrogen functional groups attached to an aromatic ring is 1. The molecule has 162 valence electrons. The van der Waals surface area contributed by atoms with Crippen LogP contribution < -0.4 is 15.4 Å². The van der Waals surface area contributed by atoms with Crippen molar-refractivity contribution in [2.75, 3.05) is 17.7 Å². The van der Waals surface area contributed by atoms with Crippen LogP contribution in [0, 0.1) is 0 Å². The number of esters is 1. The van der Waals surface area contributed by atoms with E-state index >= 15 is 0 Å². The molecule has 2 aliphatic rings. The number of nitrogens with zero attached hydrogens (tertiary/aromatic N) is 1. The number of carbonyl (C=O) groups is 1. The third-order valence-electron chi connectivity index (χ3n) is 6.32. The summed E-state index contributed by atoms with van der Waals surface area (Å²) in [7, 11) is 1.98. The molecule has 0 aromatic heterocycles. The van der Waals surface area contributed by atoms with Gasteiger partial charge in [-0.25, -0.2) is 4.79 Å². The van der Waals surface area contributed by atoms with E-state index in [0.717, 1.165) is 22.5 Å². The molecule has 2 aliphatic heterocycles. The standard InChI is InChI=1S/C27H19ClN2O3/c1-30(18-9-6-16(28)7-10-18)19-11-12-22-25(15-19)32-24-13-8-17(29)14-23(24)27(22)21-5-3-2-4-20(21)26(31)33-27/h2-15H,29H2,1H3. The first-order valence-electron chi connectivity index (χ1n) is 10.5. The molecule has 5 nitrogen and oxygen atoms in total. The van der Waals surface area contributed by atoms with Crippen LogP contribution in [0.1, 0.15) is 27.0 Å². The monoisotopic (exact) mass is 454 g/mol. The fourth-order valence-corrected chi connectivity index (χ4v) is 4.83. The van der Waals surface area contributed by atoms with Gasteiger partial charge in [0.2, 0.25) is 0 Å². The minimum absolute atomic E-state index is 0.366. The Morgan fingerprint density at radius 2 is 1.58 bits per heavy atom. The van der Waals surface area contributed by atoms with E-state index in [1.54, 1.807) is 12.1 Å². The summed E-state index contributed by atoms with van der Waals surface area (Å²) in [4.78, 5) is 15.0. The van der Waals surface area contributed by atoms with Crippen LogP contribution in [-0.4, -0.2) is 13.0 Å². The van der Waals surface area contributed by atoms with Crippen molar-refractivity contribution >= 4 is 34.6 Å². The average Bonchev–Trinajstić information content (AvgIpc) is 3.13. The van der Waals surface area contributed by atoms with Gasteiger partial charge < -0.3 is 20.1 Å². The average molecular weight is 455 g/mol. The van der Waals surface area contributed by atoms with Crippen molar-refractivity contribution in [3.05, 3.63) is 112 Å².